The number of hydrogen-bond acceptors (Lipinski definition) is 7. The molecule has 0 aromatic carbocycles. The largest absolute Gasteiger partial charge is 0.396 e. The van der Waals surface area contributed by atoms with Crippen LogP contribution in [0, 0.1) is 0 Å². The molecule has 0 saturated heterocycles. The third-order valence-corrected chi connectivity index (χ3v) is 7.06. The number of rotatable bonds is 14. The molecule has 1 aliphatic heterocycles. The highest BCUT2D eigenvalue weighted by Crippen LogP contribution is 2.36. The first-order valence-corrected chi connectivity index (χ1v) is 11.9. The molecule has 2 N–H and O–H groups in total. The standard InChI is InChI=1S/C19H33N3O3S2/c1-4-5-6-7-8-11-26-27-19(9-10-23)16(2)21(15-24)13-18-12-20-17(3)22(25)14-18/h12,15,23,25H,4-11,13-14H2,1-3H3/b19-16-. The maximum absolute atomic E-state index is 11.6. The number of hydroxylamine groups is 2. The SMILES string of the molecule is CCCCCCCSS/C(CCO)=C(/C)N(C=O)CC1=CN=C(C)N(O)C1. The van der Waals surface area contributed by atoms with Gasteiger partial charge in [0.05, 0.1) is 6.54 Å². The van der Waals surface area contributed by atoms with E-state index in [0.717, 1.165) is 33.4 Å². The lowest BCUT2D eigenvalue weighted by Gasteiger charge is -2.26. The molecule has 0 saturated carbocycles. The molecule has 8 heteroatoms. The van der Waals surface area contributed by atoms with Crippen molar-refractivity contribution in [2.75, 3.05) is 25.4 Å². The summed E-state index contributed by atoms with van der Waals surface area (Å²) in [4.78, 5) is 18.4. The van der Waals surface area contributed by atoms with Gasteiger partial charge in [0.25, 0.3) is 0 Å². The number of carbonyl (C=O) groups excluding carboxylic acids is 1. The highest BCUT2D eigenvalue weighted by atomic mass is 33.1. The van der Waals surface area contributed by atoms with Crippen LogP contribution in [0.15, 0.2) is 27.4 Å². The number of aliphatic imine (C=N–C) groups is 1. The zero-order valence-corrected chi connectivity index (χ0v) is 18.3. The fourth-order valence-electron chi connectivity index (χ4n) is 2.57. The lowest BCUT2D eigenvalue weighted by molar-refractivity contribution is -0.116. The maximum Gasteiger partial charge on any atom is 0.214 e. The Morgan fingerprint density at radius 3 is 2.74 bits per heavy atom. The van der Waals surface area contributed by atoms with Gasteiger partial charge in [0.2, 0.25) is 6.41 Å². The van der Waals surface area contributed by atoms with E-state index in [0.29, 0.717) is 25.3 Å². The van der Waals surface area contributed by atoms with Gasteiger partial charge in [-0.15, -0.1) is 0 Å². The zero-order chi connectivity index (χ0) is 20.1. The number of unbranched alkanes of at least 4 members (excludes halogenated alkanes) is 4. The molecule has 1 heterocycles. The molecule has 0 bridgehead atoms. The molecule has 1 rings (SSSR count). The summed E-state index contributed by atoms with van der Waals surface area (Å²) in [6, 6.07) is 0. The number of allylic oxidation sites excluding steroid dienone is 1. The molecule has 0 aromatic heterocycles. The van der Waals surface area contributed by atoms with Crippen LogP contribution in [0.4, 0.5) is 0 Å². The zero-order valence-electron chi connectivity index (χ0n) is 16.7. The smallest absolute Gasteiger partial charge is 0.214 e. The van der Waals surface area contributed by atoms with Crippen LogP contribution < -0.4 is 0 Å². The van der Waals surface area contributed by atoms with Gasteiger partial charge in [0, 0.05) is 42.1 Å². The average molecular weight is 416 g/mol. The molecule has 0 radical (unpaired) electrons. The van der Waals surface area contributed by atoms with Crippen LogP contribution in [-0.2, 0) is 4.79 Å². The summed E-state index contributed by atoms with van der Waals surface area (Å²) in [5.41, 5.74) is 1.70. The van der Waals surface area contributed by atoms with Crippen LogP contribution in [0.25, 0.3) is 0 Å². The highest BCUT2D eigenvalue weighted by Gasteiger charge is 2.17. The lowest BCUT2D eigenvalue weighted by Crippen LogP contribution is -2.34. The summed E-state index contributed by atoms with van der Waals surface area (Å²) >= 11 is 0. The van der Waals surface area contributed by atoms with Crippen LogP contribution in [0.2, 0.25) is 0 Å². The number of nitrogens with zero attached hydrogens (tertiary/aromatic N) is 3. The first kappa shape index (κ1) is 24.1. The van der Waals surface area contributed by atoms with Crippen molar-refractivity contribution >= 4 is 33.8 Å². The molecular weight excluding hydrogens is 382 g/mol. The van der Waals surface area contributed by atoms with Gasteiger partial charge in [0.15, 0.2) is 0 Å². The summed E-state index contributed by atoms with van der Waals surface area (Å²) in [6.07, 6.45) is 9.33. The van der Waals surface area contributed by atoms with Gasteiger partial charge in [0.1, 0.15) is 5.84 Å². The van der Waals surface area contributed by atoms with Crippen molar-refractivity contribution in [3.05, 3.63) is 22.4 Å². The molecule has 0 aliphatic carbocycles. The fourth-order valence-corrected chi connectivity index (χ4v) is 5.17. The van der Waals surface area contributed by atoms with Gasteiger partial charge in [-0.25, -0.2) is 10.1 Å². The van der Waals surface area contributed by atoms with E-state index >= 15 is 0 Å². The van der Waals surface area contributed by atoms with Crippen molar-refractivity contribution in [1.82, 2.24) is 9.96 Å². The molecular formula is C19H33N3O3S2. The molecule has 1 aliphatic rings. The molecule has 0 atom stereocenters. The van der Waals surface area contributed by atoms with Crippen molar-refractivity contribution in [3.8, 4) is 0 Å². The quantitative estimate of drug-likeness (QED) is 0.248. The summed E-state index contributed by atoms with van der Waals surface area (Å²) in [7, 11) is 3.44. The first-order valence-electron chi connectivity index (χ1n) is 9.54. The van der Waals surface area contributed by atoms with E-state index in [4.69, 9.17) is 0 Å². The first-order chi connectivity index (χ1) is 13.0. The van der Waals surface area contributed by atoms with Gasteiger partial charge < -0.3 is 10.0 Å². The van der Waals surface area contributed by atoms with E-state index < -0.39 is 0 Å². The van der Waals surface area contributed by atoms with E-state index in [9.17, 15) is 15.1 Å². The highest BCUT2D eigenvalue weighted by molar-refractivity contribution is 8.78. The number of amidine groups is 1. The van der Waals surface area contributed by atoms with Gasteiger partial charge in [-0.3, -0.25) is 10.0 Å². The summed E-state index contributed by atoms with van der Waals surface area (Å²) in [6.45, 7) is 6.61. The Morgan fingerprint density at radius 2 is 2.11 bits per heavy atom. The maximum atomic E-state index is 11.6. The van der Waals surface area contributed by atoms with E-state index in [1.807, 2.05) is 6.92 Å². The number of amides is 1. The molecule has 0 aromatic rings. The van der Waals surface area contributed by atoms with Crippen molar-refractivity contribution in [1.29, 1.82) is 0 Å². The molecule has 0 fully saturated rings. The number of carbonyl (C=O) groups is 1. The van der Waals surface area contributed by atoms with E-state index in [-0.39, 0.29) is 6.61 Å². The third kappa shape index (κ3) is 9.19. The Labute approximate surface area is 171 Å². The van der Waals surface area contributed by atoms with Crippen LogP contribution in [-0.4, -0.2) is 58.0 Å². The fraction of sp³-hybridized carbons (Fsp3) is 0.684. The second-order valence-corrected chi connectivity index (χ2v) is 9.07. The Bertz CT molecular complexity index is 550. The van der Waals surface area contributed by atoms with Crippen LogP contribution >= 0.6 is 21.6 Å². The summed E-state index contributed by atoms with van der Waals surface area (Å²) in [5, 5.41) is 20.3. The molecule has 0 spiro atoms. The topological polar surface area (TPSA) is 76.4 Å². The average Bonchev–Trinajstić information content (AvgIpc) is 2.66. The number of aliphatic hydroxyl groups excluding tert-OH is 1. The van der Waals surface area contributed by atoms with Crippen molar-refractivity contribution in [3.63, 3.8) is 0 Å². The van der Waals surface area contributed by atoms with Gasteiger partial charge >= 0.3 is 0 Å². The molecule has 27 heavy (non-hydrogen) atoms. The molecule has 1 amide bonds. The Kier molecular flexibility index (Phi) is 12.6. The van der Waals surface area contributed by atoms with Crippen molar-refractivity contribution < 1.29 is 15.1 Å². The normalized spacial score (nSPS) is 15.2. The third-order valence-electron chi connectivity index (χ3n) is 4.33. The van der Waals surface area contributed by atoms with Gasteiger partial charge in [-0.05, 0) is 25.8 Å². The van der Waals surface area contributed by atoms with E-state index in [1.165, 1.54) is 32.1 Å². The number of hydrogen-bond donors (Lipinski definition) is 2. The second-order valence-electron chi connectivity index (χ2n) is 6.56. The minimum Gasteiger partial charge on any atom is -0.396 e. The Balaban J connectivity index is 2.62. The van der Waals surface area contributed by atoms with Crippen LogP contribution in [0.5, 0.6) is 0 Å². The molecule has 6 nitrogen and oxygen atoms in total. The number of aliphatic hydroxyl groups is 1. The van der Waals surface area contributed by atoms with Crippen molar-refractivity contribution in [2.24, 2.45) is 4.99 Å². The Hall–Kier alpha value is -0.960. The second kappa shape index (κ2) is 14.1. The molecule has 0 unspecified atom stereocenters. The van der Waals surface area contributed by atoms with Gasteiger partial charge in [-0.2, -0.15) is 0 Å². The van der Waals surface area contributed by atoms with Gasteiger partial charge in [-0.1, -0.05) is 54.2 Å². The van der Waals surface area contributed by atoms with Crippen LogP contribution in [0.1, 0.15) is 59.3 Å². The minimum absolute atomic E-state index is 0.0556. The lowest BCUT2D eigenvalue weighted by atomic mass is 10.2. The van der Waals surface area contributed by atoms with Crippen molar-refractivity contribution in [2.45, 2.75) is 59.3 Å². The minimum atomic E-state index is 0.0556. The molecule has 154 valence electrons. The predicted octanol–water partition coefficient (Wildman–Crippen LogP) is 4.42. The van der Waals surface area contributed by atoms with E-state index in [2.05, 4.69) is 11.9 Å². The monoisotopic (exact) mass is 415 g/mol. The van der Waals surface area contributed by atoms with Crippen LogP contribution in [0.3, 0.4) is 0 Å². The predicted molar refractivity (Wildman–Crippen MR) is 116 cm³/mol. The van der Waals surface area contributed by atoms with E-state index in [1.54, 1.807) is 39.6 Å². The summed E-state index contributed by atoms with van der Waals surface area (Å²) in [5.74, 6) is 1.60. The summed E-state index contributed by atoms with van der Waals surface area (Å²) < 4.78 is 0. The Morgan fingerprint density at radius 1 is 1.37 bits per heavy atom.